The zero-order chi connectivity index (χ0) is 16.2. The number of aryl methyl sites for hydroxylation is 2. The van der Waals surface area contributed by atoms with Crippen molar-refractivity contribution in [2.75, 3.05) is 5.32 Å². The standard InChI is InChI=1S/C16H24N6O/c1-3-13-18-14(4-2)21(20-13)11-16(23)19-15-9-10-17-22(15)12-7-5-6-8-12/h9-10,12H,3-8,11H2,1-2H3,(H,19,23). The van der Waals surface area contributed by atoms with Gasteiger partial charge in [0.1, 0.15) is 18.2 Å². The Labute approximate surface area is 136 Å². The van der Waals surface area contributed by atoms with Crippen molar-refractivity contribution in [1.29, 1.82) is 0 Å². The highest BCUT2D eigenvalue weighted by Gasteiger charge is 2.21. The van der Waals surface area contributed by atoms with Crippen LogP contribution in [0.5, 0.6) is 0 Å². The van der Waals surface area contributed by atoms with E-state index in [0.717, 1.165) is 43.1 Å². The van der Waals surface area contributed by atoms with E-state index in [1.807, 2.05) is 24.6 Å². The van der Waals surface area contributed by atoms with Crippen LogP contribution in [-0.2, 0) is 24.2 Å². The Kier molecular flexibility index (Phi) is 4.73. The Morgan fingerprint density at radius 2 is 2.09 bits per heavy atom. The summed E-state index contributed by atoms with van der Waals surface area (Å²) in [6.07, 6.45) is 8.01. The lowest BCUT2D eigenvalue weighted by Crippen LogP contribution is -2.23. The molecule has 0 atom stereocenters. The maximum atomic E-state index is 12.4. The van der Waals surface area contributed by atoms with Crippen LogP contribution in [-0.4, -0.2) is 30.5 Å². The predicted molar refractivity (Wildman–Crippen MR) is 87.1 cm³/mol. The van der Waals surface area contributed by atoms with Gasteiger partial charge < -0.3 is 5.32 Å². The van der Waals surface area contributed by atoms with Gasteiger partial charge in [0, 0.05) is 18.9 Å². The molecule has 0 unspecified atom stereocenters. The quantitative estimate of drug-likeness (QED) is 0.887. The molecule has 0 spiro atoms. The third-order valence-corrected chi connectivity index (χ3v) is 4.33. The van der Waals surface area contributed by atoms with Crippen molar-refractivity contribution < 1.29 is 4.79 Å². The minimum absolute atomic E-state index is 0.0907. The summed E-state index contributed by atoms with van der Waals surface area (Å²) in [6.45, 7) is 4.22. The molecule has 1 N–H and O–H groups in total. The maximum Gasteiger partial charge on any atom is 0.247 e. The Balaban J connectivity index is 1.68. The zero-order valence-electron chi connectivity index (χ0n) is 13.8. The number of carbonyl (C=O) groups excluding carboxylic acids is 1. The number of carbonyl (C=O) groups is 1. The van der Waals surface area contributed by atoms with Crippen molar-refractivity contribution in [3.05, 3.63) is 23.9 Å². The van der Waals surface area contributed by atoms with Crippen molar-refractivity contribution in [3.8, 4) is 0 Å². The molecule has 0 aromatic carbocycles. The first-order chi connectivity index (χ1) is 11.2. The SMILES string of the molecule is CCc1nc(CC)n(CC(=O)Nc2ccnn2C2CCCC2)n1. The molecule has 2 heterocycles. The van der Waals surface area contributed by atoms with Crippen LogP contribution in [0.15, 0.2) is 12.3 Å². The highest BCUT2D eigenvalue weighted by atomic mass is 16.2. The van der Waals surface area contributed by atoms with Crippen molar-refractivity contribution >= 4 is 11.7 Å². The molecular weight excluding hydrogens is 292 g/mol. The van der Waals surface area contributed by atoms with Gasteiger partial charge in [-0.05, 0) is 12.8 Å². The zero-order valence-corrected chi connectivity index (χ0v) is 13.8. The Morgan fingerprint density at radius 3 is 2.78 bits per heavy atom. The largest absolute Gasteiger partial charge is 0.309 e. The van der Waals surface area contributed by atoms with E-state index in [2.05, 4.69) is 20.5 Å². The van der Waals surface area contributed by atoms with Crippen LogP contribution in [0.2, 0.25) is 0 Å². The van der Waals surface area contributed by atoms with E-state index in [1.165, 1.54) is 12.8 Å². The molecule has 0 saturated heterocycles. The predicted octanol–water partition coefficient (Wildman–Crippen LogP) is 2.35. The van der Waals surface area contributed by atoms with Crippen molar-refractivity contribution in [2.24, 2.45) is 0 Å². The third-order valence-electron chi connectivity index (χ3n) is 4.33. The lowest BCUT2D eigenvalue weighted by Gasteiger charge is -2.14. The summed E-state index contributed by atoms with van der Waals surface area (Å²) in [6, 6.07) is 2.26. The average molecular weight is 316 g/mol. The molecule has 1 aliphatic rings. The molecule has 1 fully saturated rings. The summed E-state index contributed by atoms with van der Waals surface area (Å²) >= 11 is 0. The van der Waals surface area contributed by atoms with Gasteiger partial charge in [-0.2, -0.15) is 10.2 Å². The molecule has 7 nitrogen and oxygen atoms in total. The minimum atomic E-state index is -0.0907. The fourth-order valence-electron chi connectivity index (χ4n) is 3.14. The fraction of sp³-hybridized carbons (Fsp3) is 0.625. The summed E-state index contributed by atoms with van der Waals surface area (Å²) in [4.78, 5) is 16.8. The van der Waals surface area contributed by atoms with Gasteiger partial charge in [-0.15, -0.1) is 0 Å². The van der Waals surface area contributed by atoms with Gasteiger partial charge in [0.05, 0.1) is 12.2 Å². The van der Waals surface area contributed by atoms with Crippen LogP contribution in [0.1, 0.15) is 57.2 Å². The Bertz CT molecular complexity index is 668. The van der Waals surface area contributed by atoms with Gasteiger partial charge in [-0.25, -0.2) is 14.3 Å². The van der Waals surface area contributed by atoms with Gasteiger partial charge in [0.15, 0.2) is 5.82 Å². The molecule has 0 radical (unpaired) electrons. The molecule has 0 aliphatic heterocycles. The average Bonchev–Trinajstić information content (AvgIpc) is 3.26. The molecule has 2 aromatic rings. The molecule has 23 heavy (non-hydrogen) atoms. The number of hydrogen-bond donors (Lipinski definition) is 1. The van der Waals surface area contributed by atoms with Gasteiger partial charge in [-0.1, -0.05) is 26.7 Å². The maximum absolute atomic E-state index is 12.4. The number of nitrogens with zero attached hydrogens (tertiary/aromatic N) is 5. The van der Waals surface area contributed by atoms with Crippen molar-refractivity contribution in [3.63, 3.8) is 0 Å². The lowest BCUT2D eigenvalue weighted by molar-refractivity contribution is -0.117. The van der Waals surface area contributed by atoms with Crippen LogP contribution < -0.4 is 5.32 Å². The van der Waals surface area contributed by atoms with Gasteiger partial charge >= 0.3 is 0 Å². The van der Waals surface area contributed by atoms with E-state index in [-0.39, 0.29) is 12.5 Å². The summed E-state index contributed by atoms with van der Waals surface area (Å²) in [5, 5.41) is 11.7. The van der Waals surface area contributed by atoms with Crippen LogP contribution in [0.25, 0.3) is 0 Å². The molecule has 7 heteroatoms. The monoisotopic (exact) mass is 316 g/mol. The first-order valence-electron chi connectivity index (χ1n) is 8.47. The normalized spacial score (nSPS) is 15.2. The van der Waals surface area contributed by atoms with E-state index in [4.69, 9.17) is 0 Å². The van der Waals surface area contributed by atoms with E-state index in [1.54, 1.807) is 10.9 Å². The van der Waals surface area contributed by atoms with E-state index >= 15 is 0 Å². The van der Waals surface area contributed by atoms with E-state index < -0.39 is 0 Å². The Morgan fingerprint density at radius 1 is 1.30 bits per heavy atom. The highest BCUT2D eigenvalue weighted by Crippen LogP contribution is 2.31. The summed E-state index contributed by atoms with van der Waals surface area (Å²) < 4.78 is 3.65. The molecule has 1 saturated carbocycles. The number of hydrogen-bond acceptors (Lipinski definition) is 4. The number of aromatic nitrogens is 5. The number of nitrogens with one attached hydrogen (secondary N) is 1. The van der Waals surface area contributed by atoms with Crippen LogP contribution in [0, 0.1) is 0 Å². The third kappa shape index (κ3) is 3.43. The molecule has 3 rings (SSSR count). The number of rotatable bonds is 6. The second-order valence-corrected chi connectivity index (χ2v) is 5.96. The molecule has 2 aromatic heterocycles. The number of amides is 1. The molecular formula is C16H24N6O. The minimum Gasteiger partial charge on any atom is -0.309 e. The second-order valence-electron chi connectivity index (χ2n) is 5.96. The van der Waals surface area contributed by atoms with Gasteiger partial charge in [-0.3, -0.25) is 4.79 Å². The summed E-state index contributed by atoms with van der Waals surface area (Å²) in [5.74, 6) is 2.31. The van der Waals surface area contributed by atoms with Crippen LogP contribution >= 0.6 is 0 Å². The van der Waals surface area contributed by atoms with Gasteiger partial charge in [0.2, 0.25) is 5.91 Å². The Hall–Kier alpha value is -2.18. The van der Waals surface area contributed by atoms with Crippen molar-refractivity contribution in [2.45, 2.75) is 65.0 Å². The lowest BCUT2D eigenvalue weighted by atomic mass is 10.2. The smallest absolute Gasteiger partial charge is 0.247 e. The van der Waals surface area contributed by atoms with Gasteiger partial charge in [0.25, 0.3) is 0 Å². The molecule has 0 bridgehead atoms. The fourth-order valence-corrected chi connectivity index (χ4v) is 3.14. The second kappa shape index (κ2) is 6.93. The van der Waals surface area contributed by atoms with Crippen molar-refractivity contribution in [1.82, 2.24) is 24.5 Å². The first kappa shape index (κ1) is 15.7. The van der Waals surface area contributed by atoms with Crippen LogP contribution in [0.3, 0.4) is 0 Å². The molecule has 124 valence electrons. The summed E-state index contributed by atoms with van der Waals surface area (Å²) in [7, 11) is 0. The van der Waals surface area contributed by atoms with Crippen LogP contribution in [0.4, 0.5) is 5.82 Å². The topological polar surface area (TPSA) is 77.6 Å². The molecule has 1 aliphatic carbocycles. The molecule has 1 amide bonds. The highest BCUT2D eigenvalue weighted by molar-refractivity contribution is 5.89. The summed E-state index contributed by atoms with van der Waals surface area (Å²) in [5.41, 5.74) is 0. The van der Waals surface area contributed by atoms with E-state index in [9.17, 15) is 4.79 Å². The first-order valence-corrected chi connectivity index (χ1v) is 8.47. The number of anilines is 1. The van der Waals surface area contributed by atoms with E-state index in [0.29, 0.717) is 6.04 Å².